The number of aliphatic hydroxyl groups excluding tert-OH is 1. The predicted octanol–water partition coefficient (Wildman–Crippen LogP) is 0.683. The number of aliphatic hydroxyl groups is 2. The summed E-state index contributed by atoms with van der Waals surface area (Å²) in [6.07, 6.45) is 2.02. The minimum atomic E-state index is -1.72. The molecule has 5 nitrogen and oxygen atoms in total. The van der Waals surface area contributed by atoms with Crippen molar-refractivity contribution in [2.45, 2.75) is 63.1 Å². The molecule has 1 aliphatic carbocycles. The van der Waals surface area contributed by atoms with Crippen LogP contribution < -0.4 is 0 Å². The van der Waals surface area contributed by atoms with Gasteiger partial charge in [0.05, 0.1) is 12.7 Å². The van der Waals surface area contributed by atoms with Gasteiger partial charge in [-0.15, -0.1) is 0 Å². The molecule has 0 radical (unpaired) electrons. The first kappa shape index (κ1) is 13.2. The van der Waals surface area contributed by atoms with Gasteiger partial charge in [0.1, 0.15) is 6.10 Å². The van der Waals surface area contributed by atoms with Crippen molar-refractivity contribution in [2.24, 2.45) is 0 Å². The average molecular weight is 268 g/mol. The number of hydrogen-bond acceptors (Lipinski definition) is 5. The molecule has 1 fully saturated rings. The highest BCUT2D eigenvalue weighted by Gasteiger charge is 2.54. The van der Waals surface area contributed by atoms with Crippen LogP contribution in [0.15, 0.2) is 11.1 Å². The van der Waals surface area contributed by atoms with Crippen LogP contribution in [0.5, 0.6) is 0 Å². The van der Waals surface area contributed by atoms with Gasteiger partial charge in [-0.3, -0.25) is 4.79 Å². The maximum absolute atomic E-state index is 12.2. The van der Waals surface area contributed by atoms with Gasteiger partial charge in [-0.25, -0.2) is 0 Å². The monoisotopic (exact) mass is 268 g/mol. The molecule has 1 spiro atoms. The summed E-state index contributed by atoms with van der Waals surface area (Å²) in [6, 6.07) is 0. The Morgan fingerprint density at radius 1 is 1.42 bits per heavy atom. The third-order valence-corrected chi connectivity index (χ3v) is 4.51. The van der Waals surface area contributed by atoms with Crippen LogP contribution in [0.25, 0.3) is 0 Å². The number of hydrogen-bond donors (Lipinski definition) is 2. The van der Waals surface area contributed by atoms with E-state index in [1.807, 2.05) is 6.92 Å². The normalized spacial score (nSPS) is 46.8. The van der Waals surface area contributed by atoms with E-state index >= 15 is 0 Å². The van der Waals surface area contributed by atoms with Crippen molar-refractivity contribution >= 4 is 5.78 Å². The van der Waals surface area contributed by atoms with E-state index in [1.165, 1.54) is 6.92 Å². The number of carbonyl (C=O) groups excluding carboxylic acids is 1. The second-order valence-electron chi connectivity index (χ2n) is 6.08. The van der Waals surface area contributed by atoms with E-state index in [4.69, 9.17) is 9.47 Å². The first-order valence-corrected chi connectivity index (χ1v) is 6.85. The van der Waals surface area contributed by atoms with Crippen molar-refractivity contribution in [3.63, 3.8) is 0 Å². The Hall–Kier alpha value is -0.750. The Labute approximate surface area is 112 Å². The first-order valence-electron chi connectivity index (χ1n) is 6.85. The summed E-state index contributed by atoms with van der Waals surface area (Å²) in [4.78, 5) is 12.2. The second-order valence-corrected chi connectivity index (χ2v) is 6.08. The van der Waals surface area contributed by atoms with E-state index in [2.05, 4.69) is 0 Å². The van der Waals surface area contributed by atoms with Gasteiger partial charge in [0.15, 0.2) is 17.2 Å². The largest absolute Gasteiger partial charge is 0.385 e. The SMILES string of the molecule is CC1CCCC2(CC3=C(CO2)C(O)C(C)(O)C3=O)O1. The Balaban J connectivity index is 1.89. The summed E-state index contributed by atoms with van der Waals surface area (Å²) in [5, 5.41) is 20.1. The number of ether oxygens (including phenoxy) is 2. The number of ketones is 1. The summed E-state index contributed by atoms with van der Waals surface area (Å²) >= 11 is 0. The molecular weight excluding hydrogens is 248 g/mol. The molecule has 2 heterocycles. The third kappa shape index (κ3) is 1.88. The first-order chi connectivity index (χ1) is 8.86. The van der Waals surface area contributed by atoms with E-state index in [-0.39, 0.29) is 18.5 Å². The van der Waals surface area contributed by atoms with Crippen molar-refractivity contribution in [1.82, 2.24) is 0 Å². The molecule has 0 bridgehead atoms. The van der Waals surface area contributed by atoms with Crippen LogP contribution in [0, 0.1) is 0 Å². The lowest BCUT2D eigenvalue weighted by Gasteiger charge is -2.42. The van der Waals surface area contributed by atoms with Crippen LogP contribution >= 0.6 is 0 Å². The molecular formula is C14H20O5. The van der Waals surface area contributed by atoms with Crippen LogP contribution in [0.3, 0.4) is 0 Å². The maximum atomic E-state index is 12.2. The molecule has 3 aliphatic rings. The highest BCUT2D eigenvalue weighted by molar-refractivity contribution is 6.06. The third-order valence-electron chi connectivity index (χ3n) is 4.51. The standard InChI is InChI=1S/C14H20O5/c1-8-4-3-5-14(19-8)6-9-10(7-18-14)12(16)13(2,17)11(9)15/h8,12,16-17H,3-7H2,1-2H3. The van der Waals surface area contributed by atoms with Crippen molar-refractivity contribution in [3.8, 4) is 0 Å². The lowest BCUT2D eigenvalue weighted by atomic mass is 9.91. The molecule has 4 unspecified atom stereocenters. The molecule has 0 aromatic heterocycles. The average Bonchev–Trinajstić information content (AvgIpc) is 2.51. The molecule has 2 aliphatic heterocycles. The summed E-state index contributed by atoms with van der Waals surface area (Å²) in [5.41, 5.74) is -0.708. The fourth-order valence-electron chi connectivity index (χ4n) is 3.35. The van der Waals surface area contributed by atoms with Gasteiger partial charge in [-0.1, -0.05) is 0 Å². The summed E-state index contributed by atoms with van der Waals surface area (Å²) in [5.74, 6) is -1.13. The van der Waals surface area contributed by atoms with Crippen molar-refractivity contribution in [3.05, 3.63) is 11.1 Å². The lowest BCUT2D eigenvalue weighted by molar-refractivity contribution is -0.277. The number of Topliss-reactive ketones (excluding diaryl/α,β-unsaturated/α-hetero) is 1. The van der Waals surface area contributed by atoms with Gasteiger partial charge in [-0.2, -0.15) is 0 Å². The van der Waals surface area contributed by atoms with Gasteiger partial charge >= 0.3 is 0 Å². The predicted molar refractivity (Wildman–Crippen MR) is 66.4 cm³/mol. The molecule has 19 heavy (non-hydrogen) atoms. The van der Waals surface area contributed by atoms with E-state index in [1.54, 1.807) is 0 Å². The zero-order chi connectivity index (χ0) is 13.8. The fourth-order valence-corrected chi connectivity index (χ4v) is 3.35. The van der Waals surface area contributed by atoms with Crippen molar-refractivity contribution in [2.75, 3.05) is 6.61 Å². The van der Waals surface area contributed by atoms with Crippen LogP contribution in [0.2, 0.25) is 0 Å². The van der Waals surface area contributed by atoms with Gasteiger partial charge in [0.25, 0.3) is 0 Å². The molecule has 0 aromatic carbocycles. The molecule has 0 saturated carbocycles. The molecule has 106 valence electrons. The summed E-state index contributed by atoms with van der Waals surface area (Å²) in [7, 11) is 0. The zero-order valence-corrected chi connectivity index (χ0v) is 11.3. The van der Waals surface area contributed by atoms with Crippen LogP contribution in [-0.4, -0.2) is 46.2 Å². The minimum absolute atomic E-state index is 0.109. The topological polar surface area (TPSA) is 76.0 Å². The van der Waals surface area contributed by atoms with Gasteiger partial charge in [0.2, 0.25) is 0 Å². The van der Waals surface area contributed by atoms with E-state index in [9.17, 15) is 15.0 Å². The molecule has 0 aromatic rings. The van der Waals surface area contributed by atoms with Crippen LogP contribution in [0.1, 0.15) is 39.5 Å². The van der Waals surface area contributed by atoms with Crippen LogP contribution in [-0.2, 0) is 14.3 Å². The molecule has 0 amide bonds. The molecule has 2 N–H and O–H groups in total. The van der Waals surface area contributed by atoms with Gasteiger partial charge in [0, 0.05) is 18.4 Å². The van der Waals surface area contributed by atoms with E-state index < -0.39 is 17.5 Å². The lowest BCUT2D eigenvalue weighted by Crippen LogP contribution is -2.45. The Morgan fingerprint density at radius 2 is 2.16 bits per heavy atom. The van der Waals surface area contributed by atoms with Crippen LogP contribution in [0.4, 0.5) is 0 Å². The number of rotatable bonds is 0. The highest BCUT2D eigenvalue weighted by Crippen LogP contribution is 2.45. The van der Waals surface area contributed by atoms with Gasteiger partial charge in [-0.05, 0) is 32.3 Å². The van der Waals surface area contributed by atoms with Crippen molar-refractivity contribution < 1.29 is 24.5 Å². The zero-order valence-electron chi connectivity index (χ0n) is 11.3. The Kier molecular flexibility index (Phi) is 2.87. The van der Waals surface area contributed by atoms with E-state index in [0.29, 0.717) is 17.6 Å². The fraction of sp³-hybridized carbons (Fsp3) is 0.786. The number of carbonyl (C=O) groups is 1. The van der Waals surface area contributed by atoms with Gasteiger partial charge < -0.3 is 19.7 Å². The maximum Gasteiger partial charge on any atom is 0.193 e. The van der Waals surface area contributed by atoms with E-state index in [0.717, 1.165) is 19.3 Å². The molecule has 1 saturated heterocycles. The smallest absolute Gasteiger partial charge is 0.193 e. The Morgan fingerprint density at radius 3 is 2.84 bits per heavy atom. The second kappa shape index (κ2) is 4.12. The van der Waals surface area contributed by atoms with Crippen molar-refractivity contribution in [1.29, 1.82) is 0 Å². The summed E-state index contributed by atoms with van der Waals surface area (Å²) in [6.45, 7) is 3.51. The highest BCUT2D eigenvalue weighted by atomic mass is 16.7. The molecule has 4 atom stereocenters. The quantitative estimate of drug-likeness (QED) is 0.676. The minimum Gasteiger partial charge on any atom is -0.385 e. The molecule has 5 heteroatoms. The Bertz CT molecular complexity index is 453. The summed E-state index contributed by atoms with van der Waals surface area (Å²) < 4.78 is 11.7. The molecule has 3 rings (SSSR count).